The zero-order valence-corrected chi connectivity index (χ0v) is 10.8. The molecular formula is C12H21NOS. The highest BCUT2D eigenvalue weighted by Crippen LogP contribution is 2.24. The number of thiophene rings is 1. The van der Waals surface area contributed by atoms with Crippen LogP contribution in [0.15, 0.2) is 16.8 Å². The van der Waals surface area contributed by atoms with Crippen molar-refractivity contribution in [3.63, 3.8) is 0 Å². The first kappa shape index (κ1) is 12.7. The van der Waals surface area contributed by atoms with Crippen LogP contribution in [0.3, 0.4) is 0 Å². The first-order valence-corrected chi connectivity index (χ1v) is 6.31. The molecule has 2 unspecified atom stereocenters. The summed E-state index contributed by atoms with van der Waals surface area (Å²) in [6, 6.07) is 2.08. The number of likely N-dealkylation sites (N-methyl/N-ethyl adjacent to an activating group) is 1. The number of nitrogens with zero attached hydrogens (tertiary/aromatic N) is 1. The van der Waals surface area contributed by atoms with Crippen LogP contribution in [0.4, 0.5) is 0 Å². The maximum absolute atomic E-state index is 10.3. The number of rotatable bonds is 5. The van der Waals surface area contributed by atoms with Gasteiger partial charge in [-0.15, -0.1) is 0 Å². The Balaban J connectivity index is 2.69. The highest BCUT2D eigenvalue weighted by Gasteiger charge is 2.33. The molecule has 0 aromatic carbocycles. The molecule has 1 aromatic heterocycles. The molecule has 0 saturated carbocycles. The summed E-state index contributed by atoms with van der Waals surface area (Å²) in [7, 11) is 4.06. The lowest BCUT2D eigenvalue weighted by Gasteiger charge is -2.40. The highest BCUT2D eigenvalue weighted by molar-refractivity contribution is 7.07. The van der Waals surface area contributed by atoms with Crippen LogP contribution >= 0.6 is 11.3 Å². The summed E-state index contributed by atoms with van der Waals surface area (Å²) in [5, 5.41) is 14.4. The largest absolute Gasteiger partial charge is 0.391 e. The van der Waals surface area contributed by atoms with Gasteiger partial charge in [-0.25, -0.2) is 0 Å². The van der Waals surface area contributed by atoms with E-state index in [4.69, 9.17) is 0 Å². The Bertz CT molecular complexity index is 284. The Morgan fingerprint density at radius 2 is 2.20 bits per heavy atom. The molecule has 86 valence electrons. The van der Waals surface area contributed by atoms with Gasteiger partial charge >= 0.3 is 0 Å². The predicted octanol–water partition coefficient (Wildman–Crippen LogP) is 2.38. The molecule has 0 aliphatic rings. The molecule has 15 heavy (non-hydrogen) atoms. The van der Waals surface area contributed by atoms with Gasteiger partial charge in [-0.1, -0.05) is 6.92 Å². The summed E-state index contributed by atoms with van der Waals surface area (Å²) in [5.41, 5.74) is 1.09. The maximum Gasteiger partial charge on any atom is 0.0761 e. The van der Waals surface area contributed by atoms with Gasteiger partial charge in [0.1, 0.15) is 0 Å². The molecule has 0 bridgehead atoms. The SMILES string of the molecule is CCC(C)(C(O)Cc1ccsc1)N(C)C. The van der Waals surface area contributed by atoms with Crippen molar-refractivity contribution in [3.8, 4) is 0 Å². The molecule has 0 saturated heterocycles. The lowest BCUT2D eigenvalue weighted by Crippen LogP contribution is -2.51. The molecule has 1 aromatic rings. The van der Waals surface area contributed by atoms with Crippen LogP contribution in [0, 0.1) is 0 Å². The molecule has 0 aliphatic heterocycles. The van der Waals surface area contributed by atoms with Crippen LogP contribution in [0.1, 0.15) is 25.8 Å². The van der Waals surface area contributed by atoms with Crippen molar-refractivity contribution >= 4 is 11.3 Å². The molecule has 0 spiro atoms. The topological polar surface area (TPSA) is 23.5 Å². The second-order valence-electron chi connectivity index (χ2n) is 4.46. The fourth-order valence-electron chi connectivity index (χ4n) is 1.70. The fraction of sp³-hybridized carbons (Fsp3) is 0.667. The van der Waals surface area contributed by atoms with E-state index in [9.17, 15) is 5.11 Å². The average molecular weight is 227 g/mol. The molecule has 2 atom stereocenters. The summed E-state index contributed by atoms with van der Waals surface area (Å²) in [6.45, 7) is 4.24. The van der Waals surface area contributed by atoms with Gasteiger partial charge < -0.3 is 10.0 Å². The Kier molecular flexibility index (Phi) is 4.32. The van der Waals surface area contributed by atoms with Crippen molar-refractivity contribution in [2.45, 2.75) is 38.3 Å². The van der Waals surface area contributed by atoms with Crippen molar-refractivity contribution in [2.24, 2.45) is 0 Å². The highest BCUT2D eigenvalue weighted by atomic mass is 32.1. The Morgan fingerprint density at radius 1 is 1.53 bits per heavy atom. The van der Waals surface area contributed by atoms with Gasteiger partial charge in [0.15, 0.2) is 0 Å². The first-order chi connectivity index (χ1) is 7.00. The standard InChI is InChI=1S/C12H21NOS/c1-5-12(2,13(3)4)11(14)8-10-6-7-15-9-10/h6-7,9,11,14H,5,8H2,1-4H3. The fourth-order valence-corrected chi connectivity index (χ4v) is 2.38. The smallest absolute Gasteiger partial charge is 0.0761 e. The third-order valence-electron chi connectivity index (χ3n) is 3.46. The molecule has 1 heterocycles. The minimum Gasteiger partial charge on any atom is -0.391 e. The Labute approximate surface area is 96.5 Å². The van der Waals surface area contributed by atoms with Crippen molar-refractivity contribution < 1.29 is 5.11 Å². The van der Waals surface area contributed by atoms with Gasteiger partial charge in [-0.05, 0) is 49.8 Å². The van der Waals surface area contributed by atoms with E-state index >= 15 is 0 Å². The summed E-state index contributed by atoms with van der Waals surface area (Å²) in [4.78, 5) is 2.12. The van der Waals surface area contributed by atoms with Gasteiger partial charge in [0.2, 0.25) is 0 Å². The predicted molar refractivity (Wildman–Crippen MR) is 66.4 cm³/mol. The van der Waals surface area contributed by atoms with Crippen LogP contribution in [0.25, 0.3) is 0 Å². The minimum atomic E-state index is -0.313. The first-order valence-electron chi connectivity index (χ1n) is 5.37. The van der Waals surface area contributed by atoms with Crippen molar-refractivity contribution in [1.29, 1.82) is 0 Å². The van der Waals surface area contributed by atoms with E-state index in [1.54, 1.807) is 11.3 Å². The summed E-state index contributed by atoms with van der Waals surface area (Å²) >= 11 is 1.68. The molecular weight excluding hydrogens is 206 g/mol. The van der Waals surface area contributed by atoms with Gasteiger partial charge in [-0.3, -0.25) is 0 Å². The number of hydrogen-bond donors (Lipinski definition) is 1. The van der Waals surface area contributed by atoms with Gasteiger partial charge in [0.05, 0.1) is 6.10 Å². The van der Waals surface area contributed by atoms with E-state index in [0.717, 1.165) is 12.8 Å². The van der Waals surface area contributed by atoms with E-state index in [1.807, 2.05) is 14.1 Å². The monoisotopic (exact) mass is 227 g/mol. The number of aliphatic hydroxyl groups is 1. The van der Waals surface area contributed by atoms with Crippen LogP contribution in [0.5, 0.6) is 0 Å². The van der Waals surface area contributed by atoms with E-state index in [2.05, 4.69) is 35.6 Å². The second kappa shape index (κ2) is 5.10. The minimum absolute atomic E-state index is 0.137. The summed E-state index contributed by atoms with van der Waals surface area (Å²) in [5.74, 6) is 0. The maximum atomic E-state index is 10.3. The average Bonchev–Trinajstić information content (AvgIpc) is 2.68. The van der Waals surface area contributed by atoms with Crippen LogP contribution in [-0.4, -0.2) is 35.7 Å². The zero-order chi connectivity index (χ0) is 11.5. The lowest BCUT2D eigenvalue weighted by atomic mass is 9.87. The zero-order valence-electron chi connectivity index (χ0n) is 10.0. The van der Waals surface area contributed by atoms with E-state index < -0.39 is 0 Å². The van der Waals surface area contributed by atoms with E-state index in [1.165, 1.54) is 5.56 Å². The van der Waals surface area contributed by atoms with Crippen LogP contribution in [0.2, 0.25) is 0 Å². The second-order valence-corrected chi connectivity index (χ2v) is 5.24. The molecule has 0 fully saturated rings. The summed E-state index contributed by atoms with van der Waals surface area (Å²) < 4.78 is 0. The van der Waals surface area contributed by atoms with Crippen molar-refractivity contribution in [1.82, 2.24) is 4.90 Å². The van der Waals surface area contributed by atoms with Crippen molar-refractivity contribution in [2.75, 3.05) is 14.1 Å². The van der Waals surface area contributed by atoms with Crippen LogP contribution in [-0.2, 0) is 6.42 Å². The Hall–Kier alpha value is -0.380. The van der Waals surface area contributed by atoms with Crippen LogP contribution < -0.4 is 0 Å². The van der Waals surface area contributed by atoms with Gasteiger partial charge in [0.25, 0.3) is 0 Å². The molecule has 0 amide bonds. The summed E-state index contributed by atoms with van der Waals surface area (Å²) in [6.07, 6.45) is 1.38. The molecule has 0 radical (unpaired) electrons. The normalized spacial score (nSPS) is 17.7. The molecule has 1 rings (SSSR count). The molecule has 3 heteroatoms. The molecule has 1 N–H and O–H groups in total. The molecule has 0 aliphatic carbocycles. The third-order valence-corrected chi connectivity index (χ3v) is 4.20. The quantitative estimate of drug-likeness (QED) is 0.835. The van der Waals surface area contributed by atoms with Gasteiger partial charge in [0, 0.05) is 12.0 Å². The Morgan fingerprint density at radius 3 is 2.60 bits per heavy atom. The van der Waals surface area contributed by atoms with Crippen molar-refractivity contribution in [3.05, 3.63) is 22.4 Å². The lowest BCUT2D eigenvalue weighted by molar-refractivity contribution is 0.00306. The van der Waals surface area contributed by atoms with Gasteiger partial charge in [-0.2, -0.15) is 11.3 Å². The number of aliphatic hydroxyl groups excluding tert-OH is 1. The number of hydrogen-bond acceptors (Lipinski definition) is 3. The molecule has 2 nitrogen and oxygen atoms in total. The van der Waals surface area contributed by atoms with E-state index in [0.29, 0.717) is 0 Å². The van der Waals surface area contributed by atoms with E-state index in [-0.39, 0.29) is 11.6 Å². The third kappa shape index (κ3) is 2.80.